The Kier molecular flexibility index (Phi) is 4.02. The highest BCUT2D eigenvalue weighted by Gasteiger charge is 2.34. The maximum Gasteiger partial charge on any atom is 0.107 e. The maximum absolute atomic E-state index is 4.03. The third-order valence-electron chi connectivity index (χ3n) is 3.79. The quantitative estimate of drug-likeness (QED) is 0.574. The molecule has 1 aromatic rings. The van der Waals surface area contributed by atoms with Gasteiger partial charge in [0.25, 0.3) is 0 Å². The molecule has 0 amide bonds. The molecule has 2 unspecified atom stereocenters. The molecule has 110 valence electrons. The number of hydrogen-bond donors (Lipinski definition) is 4. The number of hydrogen-bond acceptors (Lipinski definition) is 6. The molecule has 4 N–H and O–H groups in total. The SMILES string of the molecule is CN(C)CCNC1CCN2NC=C(c3cn[nH]c3)C2N1. The largest absolute Gasteiger partial charge is 0.324 e. The molecule has 0 radical (unpaired) electrons. The summed E-state index contributed by atoms with van der Waals surface area (Å²) in [6, 6.07) is 0. The van der Waals surface area contributed by atoms with E-state index in [2.05, 4.69) is 56.5 Å². The Bertz CT molecular complexity index is 453. The highest BCUT2D eigenvalue weighted by molar-refractivity contribution is 5.69. The van der Waals surface area contributed by atoms with Crippen LogP contribution in [0.2, 0.25) is 0 Å². The summed E-state index contributed by atoms with van der Waals surface area (Å²) < 4.78 is 0. The average molecular weight is 277 g/mol. The van der Waals surface area contributed by atoms with Crippen LogP contribution in [0.15, 0.2) is 18.6 Å². The molecular weight excluding hydrogens is 254 g/mol. The molecule has 20 heavy (non-hydrogen) atoms. The zero-order chi connectivity index (χ0) is 13.9. The molecule has 0 spiro atoms. The molecule has 7 nitrogen and oxygen atoms in total. The van der Waals surface area contributed by atoms with Crippen molar-refractivity contribution in [3.63, 3.8) is 0 Å². The summed E-state index contributed by atoms with van der Waals surface area (Å²) in [4.78, 5) is 2.19. The van der Waals surface area contributed by atoms with Gasteiger partial charge >= 0.3 is 0 Å². The van der Waals surface area contributed by atoms with Gasteiger partial charge in [-0.1, -0.05) is 0 Å². The van der Waals surface area contributed by atoms with Gasteiger partial charge < -0.3 is 15.6 Å². The zero-order valence-electron chi connectivity index (χ0n) is 12.1. The fraction of sp³-hybridized carbons (Fsp3) is 0.615. The summed E-state index contributed by atoms with van der Waals surface area (Å²) >= 11 is 0. The van der Waals surface area contributed by atoms with Crippen molar-refractivity contribution in [2.45, 2.75) is 18.8 Å². The van der Waals surface area contributed by atoms with Crippen molar-refractivity contribution in [2.75, 3.05) is 33.7 Å². The van der Waals surface area contributed by atoms with Crippen LogP contribution in [0.3, 0.4) is 0 Å². The Hall–Kier alpha value is -1.41. The number of aromatic amines is 1. The molecule has 2 atom stereocenters. The van der Waals surface area contributed by atoms with Gasteiger partial charge in [-0.15, -0.1) is 0 Å². The summed E-state index contributed by atoms with van der Waals surface area (Å²) in [7, 11) is 4.19. The van der Waals surface area contributed by atoms with Gasteiger partial charge in [0.2, 0.25) is 0 Å². The Morgan fingerprint density at radius 2 is 2.40 bits per heavy atom. The lowest BCUT2D eigenvalue weighted by atomic mass is 10.1. The van der Waals surface area contributed by atoms with E-state index >= 15 is 0 Å². The van der Waals surface area contributed by atoms with Gasteiger partial charge in [-0.2, -0.15) is 5.10 Å². The van der Waals surface area contributed by atoms with E-state index in [1.54, 1.807) is 0 Å². The summed E-state index contributed by atoms with van der Waals surface area (Å²) in [5.74, 6) is 0. The van der Waals surface area contributed by atoms with E-state index in [1.165, 1.54) is 5.57 Å². The molecule has 0 saturated carbocycles. The van der Waals surface area contributed by atoms with Crippen LogP contribution in [0.25, 0.3) is 5.57 Å². The number of rotatable bonds is 5. The smallest absolute Gasteiger partial charge is 0.107 e. The molecule has 3 heterocycles. The van der Waals surface area contributed by atoms with E-state index in [-0.39, 0.29) is 6.17 Å². The number of nitrogens with one attached hydrogen (secondary N) is 4. The molecule has 0 bridgehead atoms. The van der Waals surface area contributed by atoms with Crippen LogP contribution in [0.4, 0.5) is 0 Å². The fourth-order valence-corrected chi connectivity index (χ4v) is 2.66. The second-order valence-corrected chi connectivity index (χ2v) is 5.58. The van der Waals surface area contributed by atoms with E-state index in [0.29, 0.717) is 6.17 Å². The van der Waals surface area contributed by atoms with Crippen LogP contribution in [-0.2, 0) is 0 Å². The predicted molar refractivity (Wildman–Crippen MR) is 78.3 cm³/mol. The van der Waals surface area contributed by atoms with Crippen LogP contribution >= 0.6 is 0 Å². The van der Waals surface area contributed by atoms with Gasteiger partial charge in [0, 0.05) is 43.2 Å². The first-order valence-corrected chi connectivity index (χ1v) is 7.10. The number of hydrazine groups is 1. The van der Waals surface area contributed by atoms with Crippen LogP contribution in [0.1, 0.15) is 12.0 Å². The second-order valence-electron chi connectivity index (χ2n) is 5.58. The van der Waals surface area contributed by atoms with Gasteiger partial charge in [0.1, 0.15) is 6.17 Å². The van der Waals surface area contributed by atoms with Gasteiger partial charge in [-0.05, 0) is 20.5 Å². The van der Waals surface area contributed by atoms with Gasteiger partial charge in [0.05, 0.1) is 12.4 Å². The number of aromatic nitrogens is 2. The molecule has 7 heteroatoms. The van der Waals surface area contributed by atoms with Crippen molar-refractivity contribution < 1.29 is 0 Å². The van der Waals surface area contributed by atoms with Gasteiger partial charge in [0.15, 0.2) is 0 Å². The van der Waals surface area contributed by atoms with E-state index in [1.807, 2.05) is 12.4 Å². The normalized spacial score (nSPS) is 26.4. The average Bonchev–Trinajstić information content (AvgIpc) is 3.06. The minimum Gasteiger partial charge on any atom is -0.324 e. The molecule has 1 saturated heterocycles. The fourth-order valence-electron chi connectivity index (χ4n) is 2.66. The van der Waals surface area contributed by atoms with E-state index < -0.39 is 0 Å². The van der Waals surface area contributed by atoms with Crippen LogP contribution in [0.5, 0.6) is 0 Å². The standard InChI is InChI=1S/C13H23N7/c1-19(2)6-4-14-12-3-5-20-13(18-12)11(9-17-20)10-7-15-16-8-10/h7-9,12-14,17-18H,3-6H2,1-2H3,(H,15,16). The Balaban J connectivity index is 1.58. The Morgan fingerprint density at radius 1 is 1.50 bits per heavy atom. The highest BCUT2D eigenvalue weighted by Crippen LogP contribution is 2.25. The monoisotopic (exact) mass is 277 g/mol. The van der Waals surface area contributed by atoms with E-state index in [0.717, 1.165) is 31.6 Å². The first kappa shape index (κ1) is 13.6. The first-order chi connectivity index (χ1) is 9.74. The third kappa shape index (κ3) is 2.85. The number of fused-ring (bicyclic) bond motifs is 1. The number of H-pyrrole nitrogens is 1. The van der Waals surface area contributed by atoms with Crippen molar-refractivity contribution in [1.29, 1.82) is 0 Å². The summed E-state index contributed by atoms with van der Waals surface area (Å²) in [5, 5.41) is 16.4. The molecule has 1 fully saturated rings. The first-order valence-electron chi connectivity index (χ1n) is 7.10. The second kappa shape index (κ2) is 5.92. The molecule has 3 rings (SSSR count). The lowest BCUT2D eigenvalue weighted by Gasteiger charge is -2.37. The lowest BCUT2D eigenvalue weighted by molar-refractivity contribution is 0.107. The number of nitrogens with zero attached hydrogens (tertiary/aromatic N) is 3. The molecule has 0 aromatic carbocycles. The molecule has 1 aromatic heterocycles. The topological polar surface area (TPSA) is 71.2 Å². The molecule has 0 aliphatic carbocycles. The Labute approximate surface area is 119 Å². The van der Waals surface area contributed by atoms with E-state index in [9.17, 15) is 0 Å². The summed E-state index contributed by atoms with van der Waals surface area (Å²) in [5.41, 5.74) is 5.69. The minimum absolute atomic E-state index is 0.207. The Morgan fingerprint density at radius 3 is 3.15 bits per heavy atom. The molecule has 2 aliphatic rings. The third-order valence-corrected chi connectivity index (χ3v) is 3.79. The molecular formula is C13H23N7. The maximum atomic E-state index is 4.03. The minimum atomic E-state index is 0.207. The van der Waals surface area contributed by atoms with E-state index in [4.69, 9.17) is 0 Å². The van der Waals surface area contributed by atoms with Crippen LogP contribution < -0.4 is 16.1 Å². The number of likely N-dealkylation sites (N-methyl/N-ethyl adjacent to an activating group) is 1. The van der Waals surface area contributed by atoms with Crippen molar-refractivity contribution in [3.05, 3.63) is 24.2 Å². The summed E-state index contributed by atoms with van der Waals surface area (Å²) in [6.45, 7) is 3.07. The highest BCUT2D eigenvalue weighted by atomic mass is 15.6. The predicted octanol–water partition coefficient (Wildman–Crippen LogP) is -0.632. The van der Waals surface area contributed by atoms with Crippen LogP contribution in [-0.4, -0.2) is 66.2 Å². The zero-order valence-corrected chi connectivity index (χ0v) is 12.1. The summed E-state index contributed by atoms with van der Waals surface area (Å²) in [6.07, 6.45) is 7.50. The molecule has 2 aliphatic heterocycles. The van der Waals surface area contributed by atoms with Gasteiger partial charge in [-0.3, -0.25) is 10.4 Å². The van der Waals surface area contributed by atoms with Crippen molar-refractivity contribution in [1.82, 2.24) is 36.2 Å². The van der Waals surface area contributed by atoms with Gasteiger partial charge in [-0.25, -0.2) is 5.01 Å². The van der Waals surface area contributed by atoms with Crippen LogP contribution in [0, 0.1) is 0 Å². The lowest BCUT2D eigenvalue weighted by Crippen LogP contribution is -2.61. The van der Waals surface area contributed by atoms with Crippen molar-refractivity contribution >= 4 is 5.57 Å². The van der Waals surface area contributed by atoms with Crippen molar-refractivity contribution in [3.8, 4) is 0 Å². The van der Waals surface area contributed by atoms with Crippen molar-refractivity contribution in [2.24, 2.45) is 0 Å².